The lowest BCUT2D eigenvalue weighted by atomic mass is 9.95. The second-order valence-corrected chi connectivity index (χ2v) is 4.76. The number of aromatic nitrogens is 1. The molecule has 2 heteroatoms. The Morgan fingerprint density at radius 1 is 1.11 bits per heavy atom. The van der Waals surface area contributed by atoms with Crippen LogP contribution in [-0.2, 0) is 6.42 Å². The lowest BCUT2D eigenvalue weighted by molar-refractivity contribution is 0.640. The molecule has 0 fully saturated rings. The maximum absolute atomic E-state index is 6.28. The summed E-state index contributed by atoms with van der Waals surface area (Å²) in [7, 11) is 0. The third kappa shape index (κ3) is 2.96. The molecular formula is C16H20N2. The average Bonchev–Trinajstić information content (AvgIpc) is 2.40. The van der Waals surface area contributed by atoms with Crippen LogP contribution in [-0.4, -0.2) is 4.98 Å². The molecule has 0 aliphatic carbocycles. The van der Waals surface area contributed by atoms with Crippen LogP contribution < -0.4 is 5.73 Å². The Morgan fingerprint density at radius 2 is 1.94 bits per heavy atom. The number of nitrogens with two attached hydrogens (primary N) is 1. The second kappa shape index (κ2) is 5.78. The van der Waals surface area contributed by atoms with E-state index in [2.05, 4.69) is 43.1 Å². The minimum absolute atomic E-state index is 0.0897. The van der Waals surface area contributed by atoms with E-state index >= 15 is 0 Å². The summed E-state index contributed by atoms with van der Waals surface area (Å²) in [5, 5.41) is 0. The number of hydrogen-bond donors (Lipinski definition) is 1. The van der Waals surface area contributed by atoms with Crippen molar-refractivity contribution < 1.29 is 0 Å². The van der Waals surface area contributed by atoms with Crippen LogP contribution in [0.1, 0.15) is 34.8 Å². The van der Waals surface area contributed by atoms with E-state index in [0.29, 0.717) is 0 Å². The minimum Gasteiger partial charge on any atom is -0.324 e. The van der Waals surface area contributed by atoms with Gasteiger partial charge in [-0.05, 0) is 55.5 Å². The third-order valence-electron chi connectivity index (χ3n) is 3.48. The molecule has 0 saturated carbocycles. The predicted octanol–water partition coefficient (Wildman–Crippen LogP) is 3.33. The number of rotatable bonds is 4. The Hall–Kier alpha value is -1.67. The molecule has 1 aromatic heterocycles. The first kappa shape index (κ1) is 12.8. The van der Waals surface area contributed by atoms with Crippen molar-refractivity contribution >= 4 is 0 Å². The molecule has 1 heterocycles. The third-order valence-corrected chi connectivity index (χ3v) is 3.48. The van der Waals surface area contributed by atoms with Gasteiger partial charge in [-0.15, -0.1) is 0 Å². The maximum atomic E-state index is 6.28. The molecule has 0 bridgehead atoms. The molecule has 0 aliphatic rings. The van der Waals surface area contributed by atoms with Crippen molar-refractivity contribution in [2.24, 2.45) is 5.73 Å². The zero-order valence-corrected chi connectivity index (χ0v) is 11.1. The van der Waals surface area contributed by atoms with E-state index in [1.54, 1.807) is 0 Å². The second-order valence-electron chi connectivity index (χ2n) is 4.76. The Kier molecular flexibility index (Phi) is 4.11. The molecule has 94 valence electrons. The molecule has 1 atom stereocenters. The van der Waals surface area contributed by atoms with E-state index in [1.807, 2.05) is 18.3 Å². The molecule has 0 saturated heterocycles. The minimum atomic E-state index is 0.0897. The molecule has 0 radical (unpaired) electrons. The summed E-state index contributed by atoms with van der Waals surface area (Å²) in [6.07, 6.45) is 3.69. The first-order valence-corrected chi connectivity index (χ1v) is 6.40. The van der Waals surface area contributed by atoms with Crippen molar-refractivity contribution in [1.29, 1.82) is 0 Å². The lowest BCUT2D eigenvalue weighted by Crippen LogP contribution is -2.13. The summed E-state index contributed by atoms with van der Waals surface area (Å²) < 4.78 is 0. The molecule has 2 aromatic rings. The number of nitrogens with zero attached hydrogens (tertiary/aromatic N) is 1. The first-order valence-electron chi connectivity index (χ1n) is 6.40. The Morgan fingerprint density at radius 3 is 2.67 bits per heavy atom. The Bertz CT molecular complexity index is 506. The molecule has 0 amide bonds. The van der Waals surface area contributed by atoms with Gasteiger partial charge in [0.1, 0.15) is 0 Å². The monoisotopic (exact) mass is 240 g/mol. The highest BCUT2D eigenvalue weighted by molar-refractivity contribution is 5.35. The van der Waals surface area contributed by atoms with Crippen molar-refractivity contribution in [2.45, 2.75) is 32.7 Å². The van der Waals surface area contributed by atoms with Gasteiger partial charge in [-0.1, -0.05) is 24.3 Å². The first-order chi connectivity index (χ1) is 8.68. The van der Waals surface area contributed by atoms with Crippen molar-refractivity contribution in [2.75, 3.05) is 0 Å². The fourth-order valence-corrected chi connectivity index (χ4v) is 2.18. The molecule has 2 nitrogen and oxygen atoms in total. The van der Waals surface area contributed by atoms with E-state index in [9.17, 15) is 0 Å². The molecular weight excluding hydrogens is 220 g/mol. The molecule has 1 unspecified atom stereocenters. The van der Waals surface area contributed by atoms with Gasteiger partial charge in [0.2, 0.25) is 0 Å². The number of aryl methyl sites for hydroxylation is 2. The number of benzene rings is 1. The van der Waals surface area contributed by atoms with Crippen LogP contribution in [0.3, 0.4) is 0 Å². The van der Waals surface area contributed by atoms with Gasteiger partial charge >= 0.3 is 0 Å². The smallest absolute Gasteiger partial charge is 0.0404 e. The van der Waals surface area contributed by atoms with E-state index in [-0.39, 0.29) is 6.04 Å². The lowest BCUT2D eigenvalue weighted by Gasteiger charge is -2.16. The van der Waals surface area contributed by atoms with Crippen molar-refractivity contribution in [3.8, 4) is 0 Å². The summed E-state index contributed by atoms with van der Waals surface area (Å²) in [6.45, 7) is 4.27. The number of pyridine rings is 1. The van der Waals surface area contributed by atoms with Crippen LogP contribution in [0.15, 0.2) is 42.6 Å². The summed E-state index contributed by atoms with van der Waals surface area (Å²) in [4.78, 5) is 4.33. The fourth-order valence-electron chi connectivity index (χ4n) is 2.18. The van der Waals surface area contributed by atoms with E-state index < -0.39 is 0 Å². The zero-order valence-electron chi connectivity index (χ0n) is 11.1. The highest BCUT2D eigenvalue weighted by atomic mass is 14.7. The van der Waals surface area contributed by atoms with Crippen molar-refractivity contribution in [3.05, 3.63) is 65.0 Å². The van der Waals surface area contributed by atoms with Crippen LogP contribution >= 0.6 is 0 Å². The molecule has 1 aromatic carbocycles. The highest BCUT2D eigenvalue weighted by Gasteiger charge is 2.10. The molecule has 0 spiro atoms. The van der Waals surface area contributed by atoms with Gasteiger partial charge in [-0.25, -0.2) is 0 Å². The number of hydrogen-bond acceptors (Lipinski definition) is 2. The van der Waals surface area contributed by atoms with Gasteiger partial charge in [0.05, 0.1) is 0 Å². The van der Waals surface area contributed by atoms with Gasteiger partial charge in [-0.2, -0.15) is 0 Å². The molecule has 18 heavy (non-hydrogen) atoms. The van der Waals surface area contributed by atoms with Gasteiger partial charge in [0.15, 0.2) is 0 Å². The van der Waals surface area contributed by atoms with E-state index in [4.69, 9.17) is 5.73 Å². The summed E-state index contributed by atoms with van der Waals surface area (Å²) in [6, 6.07) is 12.4. The maximum Gasteiger partial charge on any atom is 0.0404 e. The van der Waals surface area contributed by atoms with E-state index in [1.165, 1.54) is 16.7 Å². The van der Waals surface area contributed by atoms with Gasteiger partial charge in [0.25, 0.3) is 0 Å². The Balaban J connectivity index is 2.04. The van der Waals surface area contributed by atoms with Crippen LogP contribution in [0, 0.1) is 13.8 Å². The topological polar surface area (TPSA) is 38.9 Å². The summed E-state index contributed by atoms with van der Waals surface area (Å²) in [5.74, 6) is 0. The molecule has 2 rings (SSSR count). The quantitative estimate of drug-likeness (QED) is 0.890. The normalized spacial score (nSPS) is 12.4. The highest BCUT2D eigenvalue weighted by Crippen LogP contribution is 2.22. The average molecular weight is 240 g/mol. The molecule has 0 aliphatic heterocycles. The van der Waals surface area contributed by atoms with Gasteiger partial charge in [-0.3, -0.25) is 4.98 Å². The fraction of sp³-hybridized carbons (Fsp3) is 0.312. The van der Waals surface area contributed by atoms with Crippen LogP contribution in [0.25, 0.3) is 0 Å². The summed E-state index contributed by atoms with van der Waals surface area (Å²) in [5.41, 5.74) is 11.3. The zero-order chi connectivity index (χ0) is 13.0. The standard InChI is InChI=1S/C16H20N2/c1-12-6-5-8-15(13(12)2)16(17)10-9-14-7-3-4-11-18-14/h3-8,11,16H,9-10,17H2,1-2H3. The van der Waals surface area contributed by atoms with Crippen molar-refractivity contribution in [1.82, 2.24) is 4.98 Å². The van der Waals surface area contributed by atoms with Crippen LogP contribution in [0.5, 0.6) is 0 Å². The van der Waals surface area contributed by atoms with E-state index in [0.717, 1.165) is 18.5 Å². The van der Waals surface area contributed by atoms with Crippen LogP contribution in [0.2, 0.25) is 0 Å². The Labute approximate surface area is 109 Å². The SMILES string of the molecule is Cc1cccc(C(N)CCc2ccccn2)c1C. The predicted molar refractivity (Wildman–Crippen MR) is 75.4 cm³/mol. The van der Waals surface area contributed by atoms with Crippen LogP contribution in [0.4, 0.5) is 0 Å². The summed E-state index contributed by atoms with van der Waals surface area (Å²) >= 11 is 0. The van der Waals surface area contributed by atoms with Gasteiger partial charge in [0, 0.05) is 17.9 Å². The van der Waals surface area contributed by atoms with Crippen molar-refractivity contribution in [3.63, 3.8) is 0 Å². The largest absolute Gasteiger partial charge is 0.324 e. The van der Waals surface area contributed by atoms with Gasteiger partial charge < -0.3 is 5.73 Å². The molecule has 2 N–H and O–H groups in total.